The summed E-state index contributed by atoms with van der Waals surface area (Å²) in [5.74, 6) is 2.65. The van der Waals surface area contributed by atoms with Gasteiger partial charge in [-0.1, -0.05) is 19.8 Å². The van der Waals surface area contributed by atoms with Gasteiger partial charge in [-0.2, -0.15) is 11.8 Å². The van der Waals surface area contributed by atoms with Gasteiger partial charge in [0.15, 0.2) is 5.78 Å². The minimum Gasteiger partial charge on any atom is -0.374 e. The number of hydrogen-bond donors (Lipinski definition) is 1. The maximum atomic E-state index is 12.4. The summed E-state index contributed by atoms with van der Waals surface area (Å²) in [6.07, 6.45) is 5.87. The number of nitrogens with two attached hydrogens (primary N) is 1. The molecule has 3 atom stereocenters. The van der Waals surface area contributed by atoms with Crippen molar-refractivity contribution in [2.75, 3.05) is 18.1 Å². The first-order valence-corrected chi connectivity index (χ1v) is 8.33. The zero-order valence-corrected chi connectivity index (χ0v) is 12.1. The average molecular weight is 271 g/mol. The Hall–Kier alpha value is -0.0600. The first kappa shape index (κ1) is 14.4. The summed E-state index contributed by atoms with van der Waals surface area (Å²) in [7, 11) is 0. The predicted molar refractivity (Wildman–Crippen MR) is 75.9 cm³/mol. The van der Waals surface area contributed by atoms with Crippen molar-refractivity contribution in [2.45, 2.75) is 57.1 Å². The Morgan fingerprint density at radius 2 is 2.44 bits per heavy atom. The van der Waals surface area contributed by atoms with E-state index in [1.165, 1.54) is 5.75 Å². The lowest BCUT2D eigenvalue weighted by Crippen LogP contribution is -2.46. The Morgan fingerprint density at radius 3 is 3.11 bits per heavy atom. The molecule has 0 bridgehead atoms. The lowest BCUT2D eigenvalue weighted by atomic mass is 9.80. The highest BCUT2D eigenvalue weighted by atomic mass is 32.2. The fourth-order valence-electron chi connectivity index (χ4n) is 3.00. The summed E-state index contributed by atoms with van der Waals surface area (Å²) >= 11 is 1.95. The van der Waals surface area contributed by atoms with E-state index in [-0.39, 0.29) is 23.3 Å². The van der Waals surface area contributed by atoms with Crippen molar-refractivity contribution in [1.29, 1.82) is 0 Å². The fraction of sp³-hybridized carbons (Fsp3) is 0.929. The molecule has 0 aromatic heterocycles. The van der Waals surface area contributed by atoms with Crippen LogP contribution in [0, 0.1) is 5.92 Å². The largest absolute Gasteiger partial charge is 0.374 e. The summed E-state index contributed by atoms with van der Waals surface area (Å²) in [6.45, 7) is 2.87. The third kappa shape index (κ3) is 3.28. The lowest BCUT2D eigenvalue weighted by Gasteiger charge is -2.37. The summed E-state index contributed by atoms with van der Waals surface area (Å²) in [6, 6.07) is -0.251. The van der Waals surface area contributed by atoms with Crippen LogP contribution in [0.4, 0.5) is 0 Å². The van der Waals surface area contributed by atoms with E-state index in [1.807, 2.05) is 11.8 Å². The quantitative estimate of drug-likeness (QED) is 0.834. The smallest absolute Gasteiger partial charge is 0.152 e. The molecule has 0 amide bonds. The number of unbranched alkanes of at least 4 members (excludes halogenated alkanes) is 1. The first-order chi connectivity index (χ1) is 8.67. The lowest BCUT2D eigenvalue weighted by molar-refractivity contribution is -0.135. The topological polar surface area (TPSA) is 52.3 Å². The van der Waals surface area contributed by atoms with E-state index in [0.29, 0.717) is 0 Å². The molecule has 0 saturated carbocycles. The third-order valence-electron chi connectivity index (χ3n) is 4.20. The molecule has 0 aliphatic carbocycles. The van der Waals surface area contributed by atoms with Crippen LogP contribution >= 0.6 is 11.8 Å². The Kier molecular flexibility index (Phi) is 5.10. The van der Waals surface area contributed by atoms with Crippen LogP contribution in [0.25, 0.3) is 0 Å². The third-order valence-corrected chi connectivity index (χ3v) is 5.42. The number of hydrogen-bond acceptors (Lipinski definition) is 4. The molecular weight excluding hydrogens is 246 g/mol. The minimum absolute atomic E-state index is 0.00623. The van der Waals surface area contributed by atoms with E-state index in [4.69, 9.17) is 10.5 Å². The number of ether oxygens (including phenoxy) is 1. The number of thioether (sulfide) groups is 1. The molecule has 2 aliphatic rings. The molecule has 3 nitrogen and oxygen atoms in total. The van der Waals surface area contributed by atoms with E-state index in [1.54, 1.807) is 0 Å². The SMILES string of the molecule is CCCCC(N)C(=O)C1CCOC2(CCSC2)C1. The van der Waals surface area contributed by atoms with Crippen LogP contribution in [-0.2, 0) is 9.53 Å². The number of Topliss-reactive ketones (excluding diaryl/α,β-unsaturated/α-hetero) is 1. The molecule has 2 aliphatic heterocycles. The standard InChI is InChI=1S/C14H25NO2S/c1-2-3-4-12(15)13(16)11-5-7-17-14(9-11)6-8-18-10-14/h11-12H,2-10,15H2,1H3. The Labute approximate surface area is 114 Å². The maximum Gasteiger partial charge on any atom is 0.152 e. The predicted octanol–water partition coefficient (Wildman–Crippen LogP) is 2.38. The van der Waals surface area contributed by atoms with Crippen LogP contribution in [0.3, 0.4) is 0 Å². The Morgan fingerprint density at radius 1 is 1.61 bits per heavy atom. The van der Waals surface area contributed by atoms with Gasteiger partial charge < -0.3 is 10.5 Å². The van der Waals surface area contributed by atoms with Crippen LogP contribution < -0.4 is 5.73 Å². The molecule has 0 aromatic carbocycles. The van der Waals surface area contributed by atoms with Crippen molar-refractivity contribution in [1.82, 2.24) is 0 Å². The monoisotopic (exact) mass is 271 g/mol. The second kappa shape index (κ2) is 6.40. The highest BCUT2D eigenvalue weighted by Crippen LogP contribution is 2.40. The molecule has 2 N–H and O–H groups in total. The van der Waals surface area contributed by atoms with E-state index < -0.39 is 0 Å². The van der Waals surface area contributed by atoms with Gasteiger partial charge in [0.05, 0.1) is 11.6 Å². The van der Waals surface area contributed by atoms with Gasteiger partial charge in [0.1, 0.15) is 0 Å². The fourth-order valence-corrected chi connectivity index (χ4v) is 4.38. The Balaban J connectivity index is 1.89. The zero-order valence-electron chi connectivity index (χ0n) is 11.3. The average Bonchev–Trinajstić information content (AvgIpc) is 2.83. The van der Waals surface area contributed by atoms with Crippen LogP contribution in [-0.4, -0.2) is 35.5 Å². The molecule has 3 unspecified atom stereocenters. The molecule has 2 saturated heterocycles. The van der Waals surface area contributed by atoms with E-state index in [9.17, 15) is 4.79 Å². The van der Waals surface area contributed by atoms with E-state index >= 15 is 0 Å². The van der Waals surface area contributed by atoms with Crippen molar-refractivity contribution in [3.05, 3.63) is 0 Å². The highest BCUT2D eigenvalue weighted by molar-refractivity contribution is 7.99. The normalized spacial score (nSPS) is 33.8. The van der Waals surface area contributed by atoms with Crippen LogP contribution in [0.1, 0.15) is 45.4 Å². The van der Waals surface area contributed by atoms with Gasteiger partial charge in [0.25, 0.3) is 0 Å². The van der Waals surface area contributed by atoms with Crippen LogP contribution in [0.15, 0.2) is 0 Å². The zero-order chi connectivity index (χ0) is 13.0. The van der Waals surface area contributed by atoms with Crippen molar-refractivity contribution in [3.8, 4) is 0 Å². The number of carbonyl (C=O) groups is 1. The van der Waals surface area contributed by atoms with Gasteiger partial charge in [-0.3, -0.25) is 4.79 Å². The van der Waals surface area contributed by atoms with Gasteiger partial charge >= 0.3 is 0 Å². The number of ketones is 1. The summed E-state index contributed by atoms with van der Waals surface area (Å²) < 4.78 is 5.95. The molecule has 1 spiro atoms. The number of rotatable bonds is 5. The molecule has 2 fully saturated rings. The molecule has 0 aromatic rings. The van der Waals surface area contributed by atoms with Crippen LogP contribution in [0.2, 0.25) is 0 Å². The highest BCUT2D eigenvalue weighted by Gasteiger charge is 2.42. The molecule has 4 heteroatoms. The van der Waals surface area contributed by atoms with Crippen molar-refractivity contribution in [3.63, 3.8) is 0 Å². The van der Waals surface area contributed by atoms with Gasteiger partial charge in [-0.25, -0.2) is 0 Å². The van der Waals surface area contributed by atoms with E-state index in [0.717, 1.165) is 50.9 Å². The van der Waals surface area contributed by atoms with Gasteiger partial charge in [-0.05, 0) is 31.4 Å². The molecule has 0 radical (unpaired) electrons. The van der Waals surface area contributed by atoms with Crippen LogP contribution in [0.5, 0.6) is 0 Å². The van der Waals surface area contributed by atoms with Crippen molar-refractivity contribution >= 4 is 17.5 Å². The second-order valence-electron chi connectivity index (χ2n) is 5.67. The second-order valence-corrected chi connectivity index (χ2v) is 6.78. The van der Waals surface area contributed by atoms with Gasteiger partial charge in [-0.15, -0.1) is 0 Å². The van der Waals surface area contributed by atoms with E-state index in [2.05, 4.69) is 6.92 Å². The van der Waals surface area contributed by atoms with Gasteiger partial charge in [0.2, 0.25) is 0 Å². The minimum atomic E-state index is -0.251. The number of carbonyl (C=O) groups excluding carboxylic acids is 1. The maximum absolute atomic E-state index is 12.4. The molecule has 104 valence electrons. The summed E-state index contributed by atoms with van der Waals surface area (Å²) in [5.41, 5.74) is 6.02. The molecule has 2 heterocycles. The van der Waals surface area contributed by atoms with Crippen molar-refractivity contribution in [2.24, 2.45) is 11.7 Å². The summed E-state index contributed by atoms with van der Waals surface area (Å²) in [5, 5.41) is 0. The van der Waals surface area contributed by atoms with Gasteiger partial charge in [0, 0.05) is 18.3 Å². The molecular formula is C14H25NO2S. The summed E-state index contributed by atoms with van der Waals surface area (Å²) in [4.78, 5) is 12.4. The molecule has 2 rings (SSSR count). The Bertz CT molecular complexity index is 290. The first-order valence-electron chi connectivity index (χ1n) is 7.18. The van der Waals surface area contributed by atoms with Crippen molar-refractivity contribution < 1.29 is 9.53 Å². The molecule has 18 heavy (non-hydrogen) atoms.